The first kappa shape index (κ1) is 16.9. The molecule has 1 aliphatic rings. The first-order chi connectivity index (χ1) is 10.2. The third-order valence-electron chi connectivity index (χ3n) is 3.90. The van der Waals surface area contributed by atoms with Crippen LogP contribution in [0.3, 0.4) is 0 Å². The van der Waals surface area contributed by atoms with E-state index in [1.807, 2.05) is 20.8 Å². The van der Waals surface area contributed by atoms with Gasteiger partial charge in [-0.05, 0) is 51.3 Å². The molecule has 0 aliphatic carbocycles. The predicted molar refractivity (Wildman–Crippen MR) is 83.8 cm³/mol. The molecule has 1 atom stereocenters. The lowest BCUT2D eigenvalue weighted by molar-refractivity contribution is -0.157. The van der Waals surface area contributed by atoms with Crippen LogP contribution in [0.1, 0.15) is 39.2 Å². The number of aliphatic hydroxyl groups is 1. The number of hydrogen-bond donors (Lipinski definition) is 2. The van der Waals surface area contributed by atoms with Crippen LogP contribution < -0.4 is 5.32 Å². The second kappa shape index (κ2) is 6.34. The van der Waals surface area contributed by atoms with Crippen LogP contribution in [0.15, 0.2) is 24.3 Å². The van der Waals surface area contributed by atoms with Crippen LogP contribution in [-0.2, 0) is 11.3 Å². The highest BCUT2D eigenvalue weighted by Crippen LogP contribution is 2.24. The van der Waals surface area contributed by atoms with Crippen LogP contribution in [0.4, 0.5) is 4.39 Å². The molecule has 5 heteroatoms. The minimum absolute atomic E-state index is 0.157. The lowest BCUT2D eigenvalue weighted by Gasteiger charge is -2.39. The molecule has 0 bridgehead atoms. The van der Waals surface area contributed by atoms with Gasteiger partial charge in [0.2, 0.25) is 0 Å². The number of halogens is 1. The number of amides is 1. The number of nitrogens with one attached hydrogen (secondary N) is 1. The van der Waals surface area contributed by atoms with Crippen molar-refractivity contribution in [2.75, 3.05) is 13.1 Å². The van der Waals surface area contributed by atoms with Gasteiger partial charge in [0.15, 0.2) is 5.60 Å². The summed E-state index contributed by atoms with van der Waals surface area (Å²) in [6.45, 7) is 7.26. The van der Waals surface area contributed by atoms with Gasteiger partial charge in [-0.15, -0.1) is 0 Å². The van der Waals surface area contributed by atoms with Crippen molar-refractivity contribution in [3.8, 4) is 0 Å². The summed E-state index contributed by atoms with van der Waals surface area (Å²) in [4.78, 5) is 14.3. The van der Waals surface area contributed by atoms with Gasteiger partial charge in [-0.1, -0.05) is 12.1 Å². The van der Waals surface area contributed by atoms with Gasteiger partial charge in [0.1, 0.15) is 5.82 Å². The van der Waals surface area contributed by atoms with Crippen molar-refractivity contribution in [2.45, 2.75) is 51.3 Å². The Bertz CT molecular complexity index is 524. The van der Waals surface area contributed by atoms with Crippen LogP contribution in [0, 0.1) is 5.82 Å². The zero-order valence-electron chi connectivity index (χ0n) is 13.5. The molecule has 0 unspecified atom stereocenters. The molecule has 1 fully saturated rings. The van der Waals surface area contributed by atoms with E-state index in [0.717, 1.165) is 12.0 Å². The maximum atomic E-state index is 12.9. The average molecular weight is 308 g/mol. The predicted octanol–water partition coefficient (Wildman–Crippen LogP) is 2.07. The fraction of sp³-hybridized carbons (Fsp3) is 0.588. The number of carbonyl (C=O) groups is 1. The summed E-state index contributed by atoms with van der Waals surface area (Å²) >= 11 is 0. The maximum absolute atomic E-state index is 12.9. The van der Waals surface area contributed by atoms with E-state index in [1.54, 1.807) is 17.0 Å². The Kier molecular flexibility index (Phi) is 4.87. The number of likely N-dealkylation sites (tertiary alicyclic amines) is 1. The highest BCUT2D eigenvalue weighted by molar-refractivity contribution is 5.86. The van der Waals surface area contributed by atoms with E-state index in [2.05, 4.69) is 5.32 Å². The molecule has 1 aliphatic heterocycles. The molecule has 0 aromatic heterocycles. The molecule has 4 nitrogen and oxygen atoms in total. The zero-order chi connectivity index (χ0) is 16.4. The van der Waals surface area contributed by atoms with E-state index >= 15 is 0 Å². The summed E-state index contributed by atoms with van der Waals surface area (Å²) in [5, 5.41) is 13.9. The Hall–Kier alpha value is -1.46. The Labute approximate surface area is 131 Å². The van der Waals surface area contributed by atoms with Crippen LogP contribution >= 0.6 is 0 Å². The first-order valence-electron chi connectivity index (χ1n) is 7.71. The van der Waals surface area contributed by atoms with Gasteiger partial charge in [0.25, 0.3) is 5.91 Å². The third-order valence-corrected chi connectivity index (χ3v) is 3.90. The second-order valence-corrected chi connectivity index (χ2v) is 7.09. The molecule has 2 N–H and O–H groups in total. The molecule has 0 spiro atoms. The molecule has 122 valence electrons. The number of piperidine rings is 1. The van der Waals surface area contributed by atoms with Crippen LogP contribution in [-0.4, -0.2) is 40.1 Å². The Morgan fingerprint density at radius 1 is 1.32 bits per heavy atom. The van der Waals surface area contributed by atoms with Crippen LogP contribution in [0.5, 0.6) is 0 Å². The van der Waals surface area contributed by atoms with Gasteiger partial charge in [0.05, 0.1) is 0 Å². The molecule has 1 amide bonds. The summed E-state index contributed by atoms with van der Waals surface area (Å²) in [6.07, 6.45) is 1.23. The second-order valence-electron chi connectivity index (χ2n) is 7.09. The summed E-state index contributed by atoms with van der Waals surface area (Å²) in [5.41, 5.74) is -0.649. The van der Waals surface area contributed by atoms with Gasteiger partial charge < -0.3 is 15.3 Å². The van der Waals surface area contributed by atoms with E-state index in [4.69, 9.17) is 0 Å². The van der Waals surface area contributed by atoms with Gasteiger partial charge in [-0.2, -0.15) is 0 Å². The summed E-state index contributed by atoms with van der Waals surface area (Å²) in [7, 11) is 0. The molecular formula is C17H25FN2O2. The van der Waals surface area contributed by atoms with Crippen LogP contribution in [0.25, 0.3) is 0 Å². The van der Waals surface area contributed by atoms with Crippen molar-refractivity contribution < 1.29 is 14.3 Å². The molecule has 1 saturated heterocycles. The standard InChI is InChI=1S/C17H25FN2O2/c1-16(2,3)19-12-17(22)9-4-10-20(15(17)21)11-13-5-7-14(18)8-6-13/h5-8,19,22H,4,9-12H2,1-3H3/t17-/m1/s1. The first-order valence-corrected chi connectivity index (χ1v) is 7.71. The van der Waals surface area contributed by atoms with Crippen molar-refractivity contribution in [2.24, 2.45) is 0 Å². The Morgan fingerprint density at radius 3 is 2.55 bits per heavy atom. The Balaban J connectivity index is 2.04. The highest BCUT2D eigenvalue weighted by Gasteiger charge is 2.42. The molecule has 0 radical (unpaired) electrons. The topological polar surface area (TPSA) is 52.6 Å². The largest absolute Gasteiger partial charge is 0.379 e. The number of nitrogens with zero attached hydrogens (tertiary/aromatic N) is 1. The smallest absolute Gasteiger partial charge is 0.256 e. The number of benzene rings is 1. The Morgan fingerprint density at radius 2 is 1.95 bits per heavy atom. The van der Waals surface area contributed by atoms with Gasteiger partial charge in [-0.25, -0.2) is 4.39 Å². The zero-order valence-corrected chi connectivity index (χ0v) is 13.5. The average Bonchev–Trinajstić information content (AvgIpc) is 2.44. The highest BCUT2D eigenvalue weighted by atomic mass is 19.1. The van der Waals surface area contributed by atoms with Gasteiger partial charge in [-0.3, -0.25) is 4.79 Å². The monoisotopic (exact) mass is 308 g/mol. The van der Waals surface area contributed by atoms with Crippen molar-refractivity contribution >= 4 is 5.91 Å². The molecule has 1 aromatic rings. The van der Waals surface area contributed by atoms with E-state index in [0.29, 0.717) is 19.5 Å². The summed E-state index contributed by atoms with van der Waals surface area (Å²) < 4.78 is 12.9. The quantitative estimate of drug-likeness (QED) is 0.895. The summed E-state index contributed by atoms with van der Waals surface area (Å²) in [6, 6.07) is 6.11. The lowest BCUT2D eigenvalue weighted by Crippen LogP contribution is -2.59. The van der Waals surface area contributed by atoms with Gasteiger partial charge >= 0.3 is 0 Å². The summed E-state index contributed by atoms with van der Waals surface area (Å²) in [5.74, 6) is -0.542. The van der Waals surface area contributed by atoms with Gasteiger partial charge in [0, 0.05) is 25.2 Å². The van der Waals surface area contributed by atoms with Crippen LogP contribution in [0.2, 0.25) is 0 Å². The molecule has 2 rings (SSSR count). The normalized spacial score (nSPS) is 23.0. The fourth-order valence-corrected chi connectivity index (χ4v) is 2.60. The van der Waals surface area contributed by atoms with Crippen molar-refractivity contribution in [3.63, 3.8) is 0 Å². The lowest BCUT2D eigenvalue weighted by atomic mass is 9.90. The molecular weight excluding hydrogens is 283 g/mol. The van der Waals surface area contributed by atoms with Crippen molar-refractivity contribution in [1.29, 1.82) is 0 Å². The molecule has 1 aromatic carbocycles. The molecule has 22 heavy (non-hydrogen) atoms. The van der Waals surface area contributed by atoms with E-state index in [-0.39, 0.29) is 23.8 Å². The van der Waals surface area contributed by atoms with E-state index < -0.39 is 5.60 Å². The van der Waals surface area contributed by atoms with E-state index in [9.17, 15) is 14.3 Å². The number of hydrogen-bond acceptors (Lipinski definition) is 3. The number of carbonyl (C=O) groups excluding carboxylic acids is 1. The molecule has 1 heterocycles. The van der Waals surface area contributed by atoms with Crippen molar-refractivity contribution in [1.82, 2.24) is 10.2 Å². The minimum Gasteiger partial charge on any atom is -0.379 e. The van der Waals surface area contributed by atoms with Crippen molar-refractivity contribution in [3.05, 3.63) is 35.6 Å². The third kappa shape index (κ3) is 4.27. The fourth-order valence-electron chi connectivity index (χ4n) is 2.60. The minimum atomic E-state index is -1.36. The van der Waals surface area contributed by atoms with E-state index in [1.165, 1.54) is 12.1 Å². The number of rotatable bonds is 4. The number of β-amino-alcohol motifs (C(OH)–C–C–N with tert-alkyl or cyclic N) is 1. The SMILES string of the molecule is CC(C)(C)NC[C@]1(O)CCCN(Cc2ccc(F)cc2)C1=O. The maximum Gasteiger partial charge on any atom is 0.256 e. The molecule has 0 saturated carbocycles.